The number of carbonyl (C=O) groups excluding carboxylic acids is 1. The molecule has 1 amide bonds. The fourth-order valence-electron chi connectivity index (χ4n) is 3.82. The summed E-state index contributed by atoms with van der Waals surface area (Å²) in [5.74, 6) is 0.660. The highest BCUT2D eigenvalue weighted by atomic mass is 16.2. The minimum atomic E-state index is 0.114. The summed E-state index contributed by atoms with van der Waals surface area (Å²) < 4.78 is 0. The average Bonchev–Trinajstić information content (AvgIpc) is 3.09. The largest absolute Gasteiger partial charge is 0.338 e. The highest BCUT2D eigenvalue weighted by Gasteiger charge is 2.32. The lowest BCUT2D eigenvalue weighted by Gasteiger charge is -2.30. The van der Waals surface area contributed by atoms with Crippen LogP contribution in [0, 0.1) is 5.92 Å². The van der Waals surface area contributed by atoms with E-state index >= 15 is 0 Å². The zero-order chi connectivity index (χ0) is 16.9. The minimum Gasteiger partial charge on any atom is -0.338 e. The van der Waals surface area contributed by atoms with Crippen LogP contribution in [0.15, 0.2) is 54.6 Å². The molecule has 0 heterocycles. The van der Waals surface area contributed by atoms with Gasteiger partial charge in [0.2, 0.25) is 0 Å². The number of rotatable bonds is 5. The van der Waals surface area contributed by atoms with Gasteiger partial charge in [-0.3, -0.25) is 4.79 Å². The molecule has 0 aromatic heterocycles. The van der Waals surface area contributed by atoms with E-state index in [0.717, 1.165) is 24.0 Å². The molecule has 2 unspecified atom stereocenters. The van der Waals surface area contributed by atoms with Crippen LogP contribution in [0.5, 0.6) is 0 Å². The van der Waals surface area contributed by atoms with Crippen molar-refractivity contribution in [3.63, 3.8) is 0 Å². The molecule has 2 aromatic carbocycles. The molecule has 3 rings (SSSR count). The Morgan fingerprint density at radius 1 is 1.04 bits per heavy atom. The molecule has 0 radical (unpaired) electrons. The van der Waals surface area contributed by atoms with Gasteiger partial charge in [0.25, 0.3) is 5.91 Å². The molecule has 1 saturated carbocycles. The van der Waals surface area contributed by atoms with E-state index in [1.807, 2.05) is 36.2 Å². The highest BCUT2D eigenvalue weighted by molar-refractivity contribution is 5.94. The molecule has 3 heteroatoms. The van der Waals surface area contributed by atoms with E-state index in [1.54, 1.807) is 0 Å². The van der Waals surface area contributed by atoms with Crippen molar-refractivity contribution in [2.45, 2.75) is 38.3 Å². The van der Waals surface area contributed by atoms with Gasteiger partial charge in [-0.05, 0) is 48.4 Å². The number of hydrogen-bond acceptors (Lipinski definition) is 2. The first-order chi connectivity index (χ1) is 11.7. The highest BCUT2D eigenvalue weighted by Crippen LogP contribution is 2.32. The standard InChI is InChI=1S/C21H26N2O/c1-23(21(24)18-12-10-17(15-22)11-13-18)20-9-5-8-19(20)14-16-6-3-2-4-7-16/h2-4,6-7,10-13,19-20H,5,8-9,14-15,22H2,1H3. The molecule has 24 heavy (non-hydrogen) atoms. The van der Waals surface area contributed by atoms with Crippen molar-refractivity contribution in [3.05, 3.63) is 71.3 Å². The first-order valence-corrected chi connectivity index (χ1v) is 8.79. The van der Waals surface area contributed by atoms with Crippen LogP contribution in [-0.2, 0) is 13.0 Å². The van der Waals surface area contributed by atoms with Crippen LogP contribution in [0.3, 0.4) is 0 Å². The number of nitrogens with two attached hydrogens (primary N) is 1. The van der Waals surface area contributed by atoms with E-state index in [4.69, 9.17) is 5.73 Å². The molecule has 1 fully saturated rings. The van der Waals surface area contributed by atoms with E-state index in [2.05, 4.69) is 30.3 Å². The quantitative estimate of drug-likeness (QED) is 0.914. The number of hydrogen-bond donors (Lipinski definition) is 1. The lowest BCUT2D eigenvalue weighted by atomic mass is 9.93. The fraction of sp³-hybridized carbons (Fsp3) is 0.381. The van der Waals surface area contributed by atoms with E-state index < -0.39 is 0 Å². The van der Waals surface area contributed by atoms with E-state index in [9.17, 15) is 4.79 Å². The van der Waals surface area contributed by atoms with Crippen LogP contribution in [0.1, 0.15) is 40.7 Å². The van der Waals surface area contributed by atoms with Gasteiger partial charge >= 0.3 is 0 Å². The van der Waals surface area contributed by atoms with E-state index in [1.165, 1.54) is 18.4 Å². The van der Waals surface area contributed by atoms with Crippen LogP contribution < -0.4 is 5.73 Å². The van der Waals surface area contributed by atoms with Gasteiger partial charge in [0.1, 0.15) is 0 Å². The Morgan fingerprint density at radius 2 is 1.75 bits per heavy atom. The topological polar surface area (TPSA) is 46.3 Å². The Hall–Kier alpha value is -2.13. The summed E-state index contributed by atoms with van der Waals surface area (Å²) in [7, 11) is 1.95. The molecule has 2 N–H and O–H groups in total. The van der Waals surface area contributed by atoms with Gasteiger partial charge in [0.05, 0.1) is 0 Å². The Labute approximate surface area is 144 Å². The average molecular weight is 322 g/mol. The zero-order valence-electron chi connectivity index (χ0n) is 14.3. The Bertz CT molecular complexity index is 666. The van der Waals surface area contributed by atoms with Crippen molar-refractivity contribution in [3.8, 4) is 0 Å². The maximum absolute atomic E-state index is 12.8. The number of carbonyl (C=O) groups is 1. The number of amides is 1. The Balaban J connectivity index is 1.70. The summed E-state index contributed by atoms with van der Waals surface area (Å²) in [6, 6.07) is 18.6. The van der Waals surface area contributed by atoms with Gasteiger partial charge < -0.3 is 10.6 Å². The van der Waals surface area contributed by atoms with Crippen LogP contribution in [-0.4, -0.2) is 23.9 Å². The molecular formula is C21H26N2O. The van der Waals surface area contributed by atoms with Crippen LogP contribution >= 0.6 is 0 Å². The van der Waals surface area contributed by atoms with Crippen molar-refractivity contribution >= 4 is 5.91 Å². The third-order valence-electron chi connectivity index (χ3n) is 5.21. The molecule has 126 valence electrons. The van der Waals surface area contributed by atoms with Gasteiger partial charge in [-0.15, -0.1) is 0 Å². The lowest BCUT2D eigenvalue weighted by Crippen LogP contribution is -2.40. The second-order valence-electron chi connectivity index (χ2n) is 6.77. The monoisotopic (exact) mass is 322 g/mol. The van der Waals surface area contributed by atoms with Gasteiger partial charge in [-0.2, -0.15) is 0 Å². The predicted molar refractivity (Wildman–Crippen MR) is 97.7 cm³/mol. The molecule has 0 bridgehead atoms. The number of benzene rings is 2. The fourth-order valence-corrected chi connectivity index (χ4v) is 3.82. The van der Waals surface area contributed by atoms with Crippen molar-refractivity contribution in [2.75, 3.05) is 7.05 Å². The van der Waals surface area contributed by atoms with Crippen molar-refractivity contribution < 1.29 is 4.79 Å². The molecule has 0 saturated heterocycles. The molecule has 0 spiro atoms. The van der Waals surface area contributed by atoms with E-state index in [-0.39, 0.29) is 5.91 Å². The molecule has 1 aliphatic carbocycles. The summed E-state index contributed by atoms with van der Waals surface area (Å²) >= 11 is 0. The number of nitrogens with zero attached hydrogens (tertiary/aromatic N) is 1. The van der Waals surface area contributed by atoms with Crippen LogP contribution in [0.2, 0.25) is 0 Å². The SMILES string of the molecule is CN(C(=O)c1ccc(CN)cc1)C1CCCC1Cc1ccccc1. The summed E-state index contributed by atoms with van der Waals surface area (Å²) in [6.45, 7) is 0.506. The van der Waals surface area contributed by atoms with Gasteiger partial charge in [0, 0.05) is 25.2 Å². The summed E-state index contributed by atoms with van der Waals surface area (Å²) in [5.41, 5.74) is 8.80. The van der Waals surface area contributed by atoms with Gasteiger partial charge in [-0.25, -0.2) is 0 Å². The van der Waals surface area contributed by atoms with Gasteiger partial charge in [-0.1, -0.05) is 48.9 Å². The first kappa shape index (κ1) is 16.7. The van der Waals surface area contributed by atoms with Crippen molar-refractivity contribution in [1.82, 2.24) is 4.90 Å². The third kappa shape index (κ3) is 3.68. The maximum Gasteiger partial charge on any atom is 0.253 e. The molecular weight excluding hydrogens is 296 g/mol. The summed E-state index contributed by atoms with van der Waals surface area (Å²) in [6.07, 6.45) is 4.55. The molecule has 2 aromatic rings. The first-order valence-electron chi connectivity index (χ1n) is 8.79. The molecule has 2 atom stereocenters. The smallest absolute Gasteiger partial charge is 0.253 e. The maximum atomic E-state index is 12.8. The Morgan fingerprint density at radius 3 is 2.42 bits per heavy atom. The van der Waals surface area contributed by atoms with Crippen molar-refractivity contribution in [2.24, 2.45) is 11.7 Å². The summed E-state index contributed by atoms with van der Waals surface area (Å²) in [4.78, 5) is 14.8. The molecule has 1 aliphatic rings. The van der Waals surface area contributed by atoms with Crippen LogP contribution in [0.4, 0.5) is 0 Å². The van der Waals surface area contributed by atoms with Gasteiger partial charge in [0.15, 0.2) is 0 Å². The summed E-state index contributed by atoms with van der Waals surface area (Å²) in [5, 5.41) is 0. The van der Waals surface area contributed by atoms with Crippen molar-refractivity contribution in [1.29, 1.82) is 0 Å². The second-order valence-corrected chi connectivity index (χ2v) is 6.77. The zero-order valence-corrected chi connectivity index (χ0v) is 14.3. The third-order valence-corrected chi connectivity index (χ3v) is 5.21. The predicted octanol–water partition coefficient (Wildman–Crippen LogP) is 3.63. The van der Waals surface area contributed by atoms with Crippen LogP contribution in [0.25, 0.3) is 0 Å². The molecule has 3 nitrogen and oxygen atoms in total. The minimum absolute atomic E-state index is 0.114. The Kier molecular flexibility index (Phi) is 5.31. The normalized spacial score (nSPS) is 20.1. The van der Waals surface area contributed by atoms with E-state index in [0.29, 0.717) is 18.5 Å². The molecule has 0 aliphatic heterocycles. The second kappa shape index (κ2) is 7.63. The lowest BCUT2D eigenvalue weighted by molar-refractivity contribution is 0.0696.